The molecule has 0 radical (unpaired) electrons. The smallest absolute Gasteiger partial charge is 0.257 e. The lowest BCUT2D eigenvalue weighted by molar-refractivity contribution is -0.123. The molecule has 5 nitrogen and oxygen atoms in total. The number of anilines is 1. The Morgan fingerprint density at radius 2 is 1.86 bits per heavy atom. The fraction of sp³-hybridized carbons (Fsp3) is 0.304. The zero-order chi connectivity index (χ0) is 19.6. The predicted molar refractivity (Wildman–Crippen MR) is 111 cm³/mol. The van der Waals surface area contributed by atoms with Crippen molar-refractivity contribution >= 4 is 17.5 Å². The van der Waals surface area contributed by atoms with Gasteiger partial charge in [-0.2, -0.15) is 0 Å². The average molecular weight is 378 g/mol. The summed E-state index contributed by atoms with van der Waals surface area (Å²) in [6.07, 6.45) is 8.03. The van der Waals surface area contributed by atoms with Crippen molar-refractivity contribution in [1.29, 1.82) is 0 Å². The maximum Gasteiger partial charge on any atom is 0.257 e. The zero-order valence-electron chi connectivity index (χ0n) is 15.9. The molecule has 0 spiro atoms. The fourth-order valence-electron chi connectivity index (χ4n) is 3.15. The lowest BCUT2D eigenvalue weighted by Crippen LogP contribution is -2.30. The highest BCUT2D eigenvalue weighted by Crippen LogP contribution is 2.20. The molecule has 2 amide bonds. The summed E-state index contributed by atoms with van der Waals surface area (Å²) in [5, 5.41) is 5.73. The molecule has 0 unspecified atom stereocenters. The summed E-state index contributed by atoms with van der Waals surface area (Å²) in [4.78, 5) is 24.2. The first-order chi connectivity index (χ1) is 13.7. The van der Waals surface area contributed by atoms with Gasteiger partial charge in [-0.25, -0.2) is 0 Å². The standard InChI is InChI=1S/C23H26N2O3/c26-22(24-15-14-18-8-3-1-4-9-18)17-28-21-13-7-12-20(16-21)25-23(27)19-10-5-2-6-11-19/h2,5-8,10-13,16H,1,3-4,9,14-15,17H2,(H,24,26)(H,25,27). The van der Waals surface area contributed by atoms with Crippen LogP contribution in [0.5, 0.6) is 5.75 Å². The van der Waals surface area contributed by atoms with Gasteiger partial charge in [-0.3, -0.25) is 9.59 Å². The van der Waals surface area contributed by atoms with E-state index in [4.69, 9.17) is 4.74 Å². The fourth-order valence-corrected chi connectivity index (χ4v) is 3.15. The Bertz CT molecular complexity index is 831. The van der Waals surface area contributed by atoms with Crippen LogP contribution in [-0.4, -0.2) is 25.0 Å². The van der Waals surface area contributed by atoms with Gasteiger partial charge >= 0.3 is 0 Å². The molecule has 0 saturated carbocycles. The highest BCUT2D eigenvalue weighted by molar-refractivity contribution is 6.04. The third kappa shape index (κ3) is 6.27. The molecule has 0 saturated heterocycles. The van der Waals surface area contributed by atoms with Gasteiger partial charge in [-0.15, -0.1) is 0 Å². The van der Waals surface area contributed by atoms with Crippen LogP contribution in [0.2, 0.25) is 0 Å². The van der Waals surface area contributed by atoms with Crippen molar-refractivity contribution in [3.8, 4) is 5.75 Å². The summed E-state index contributed by atoms with van der Waals surface area (Å²) in [6, 6.07) is 16.0. The third-order valence-corrected chi connectivity index (χ3v) is 4.65. The second-order valence-corrected chi connectivity index (χ2v) is 6.84. The molecular weight excluding hydrogens is 352 g/mol. The van der Waals surface area contributed by atoms with E-state index in [1.807, 2.05) is 18.2 Å². The summed E-state index contributed by atoms with van der Waals surface area (Å²) < 4.78 is 5.56. The van der Waals surface area contributed by atoms with Gasteiger partial charge < -0.3 is 15.4 Å². The lowest BCUT2D eigenvalue weighted by Gasteiger charge is -2.13. The SMILES string of the molecule is O=C(COc1cccc(NC(=O)c2ccccc2)c1)NCCC1=CCCCC1. The van der Waals surface area contributed by atoms with Crippen molar-refractivity contribution in [2.45, 2.75) is 32.1 Å². The van der Waals surface area contributed by atoms with Crippen LogP contribution in [0.1, 0.15) is 42.5 Å². The highest BCUT2D eigenvalue weighted by Gasteiger charge is 2.08. The Morgan fingerprint density at radius 3 is 2.64 bits per heavy atom. The molecule has 1 aliphatic rings. The molecule has 2 aromatic rings. The molecule has 0 aromatic heterocycles. The molecular formula is C23H26N2O3. The normalized spacial score (nSPS) is 13.4. The molecule has 28 heavy (non-hydrogen) atoms. The third-order valence-electron chi connectivity index (χ3n) is 4.65. The van der Waals surface area contributed by atoms with Gasteiger partial charge in [0.15, 0.2) is 6.61 Å². The Labute approximate surface area is 165 Å². The van der Waals surface area contributed by atoms with E-state index in [9.17, 15) is 9.59 Å². The van der Waals surface area contributed by atoms with E-state index >= 15 is 0 Å². The van der Waals surface area contributed by atoms with E-state index in [2.05, 4.69) is 16.7 Å². The van der Waals surface area contributed by atoms with Crippen molar-refractivity contribution < 1.29 is 14.3 Å². The second-order valence-electron chi connectivity index (χ2n) is 6.84. The van der Waals surface area contributed by atoms with Gasteiger partial charge in [0.1, 0.15) is 5.75 Å². The number of nitrogens with one attached hydrogen (secondary N) is 2. The van der Waals surface area contributed by atoms with Crippen molar-refractivity contribution in [3.05, 3.63) is 71.8 Å². The molecule has 0 atom stereocenters. The van der Waals surface area contributed by atoms with E-state index < -0.39 is 0 Å². The van der Waals surface area contributed by atoms with Gasteiger partial charge in [-0.05, 0) is 56.4 Å². The van der Waals surface area contributed by atoms with Crippen LogP contribution in [0.15, 0.2) is 66.2 Å². The summed E-state index contributed by atoms with van der Waals surface area (Å²) >= 11 is 0. The summed E-state index contributed by atoms with van der Waals surface area (Å²) in [6.45, 7) is 0.594. The van der Waals surface area contributed by atoms with Crippen LogP contribution >= 0.6 is 0 Å². The van der Waals surface area contributed by atoms with E-state index in [0.29, 0.717) is 23.5 Å². The number of carbonyl (C=O) groups excluding carboxylic acids is 2. The van der Waals surface area contributed by atoms with Gasteiger partial charge in [0.25, 0.3) is 11.8 Å². The number of rotatable bonds is 8. The molecule has 0 aliphatic heterocycles. The first-order valence-electron chi connectivity index (χ1n) is 9.74. The highest BCUT2D eigenvalue weighted by atomic mass is 16.5. The number of ether oxygens (including phenoxy) is 1. The van der Waals surface area contributed by atoms with Crippen LogP contribution in [-0.2, 0) is 4.79 Å². The van der Waals surface area contributed by atoms with E-state index in [-0.39, 0.29) is 18.4 Å². The molecule has 0 bridgehead atoms. The van der Waals surface area contributed by atoms with Gasteiger partial charge in [0.2, 0.25) is 0 Å². The van der Waals surface area contributed by atoms with Crippen molar-refractivity contribution in [1.82, 2.24) is 5.32 Å². The summed E-state index contributed by atoms with van der Waals surface area (Å²) in [5.41, 5.74) is 2.65. The molecule has 1 aliphatic carbocycles. The number of carbonyl (C=O) groups is 2. The number of amides is 2. The largest absolute Gasteiger partial charge is 0.484 e. The lowest BCUT2D eigenvalue weighted by atomic mass is 9.97. The first-order valence-corrected chi connectivity index (χ1v) is 9.74. The minimum absolute atomic E-state index is 0.0465. The summed E-state index contributed by atoms with van der Waals surface area (Å²) in [7, 11) is 0. The topological polar surface area (TPSA) is 67.4 Å². The van der Waals surface area contributed by atoms with Crippen molar-refractivity contribution in [3.63, 3.8) is 0 Å². The second kappa shape index (κ2) is 10.3. The maximum atomic E-state index is 12.2. The van der Waals surface area contributed by atoms with Gasteiger partial charge in [0.05, 0.1) is 0 Å². The first kappa shape index (κ1) is 19.7. The Balaban J connectivity index is 1.43. The Hall–Kier alpha value is -3.08. The Morgan fingerprint density at radius 1 is 1.00 bits per heavy atom. The molecule has 5 heteroatoms. The monoisotopic (exact) mass is 378 g/mol. The molecule has 0 fully saturated rings. The van der Waals surface area contributed by atoms with Crippen LogP contribution < -0.4 is 15.4 Å². The molecule has 3 rings (SSSR count). The van der Waals surface area contributed by atoms with Crippen LogP contribution in [0.3, 0.4) is 0 Å². The number of allylic oxidation sites excluding steroid dienone is 1. The Kier molecular flexibility index (Phi) is 7.24. The van der Waals surface area contributed by atoms with Gasteiger partial charge in [0, 0.05) is 23.9 Å². The quantitative estimate of drug-likeness (QED) is 0.672. The van der Waals surface area contributed by atoms with Crippen LogP contribution in [0, 0.1) is 0 Å². The molecule has 146 valence electrons. The van der Waals surface area contributed by atoms with Crippen LogP contribution in [0.4, 0.5) is 5.69 Å². The molecule has 0 heterocycles. The van der Waals surface area contributed by atoms with Crippen LogP contribution in [0.25, 0.3) is 0 Å². The minimum atomic E-state index is -0.187. The van der Waals surface area contributed by atoms with E-state index in [1.54, 1.807) is 36.4 Å². The maximum absolute atomic E-state index is 12.2. The molecule has 2 N–H and O–H groups in total. The average Bonchev–Trinajstić information content (AvgIpc) is 2.74. The number of hydrogen-bond acceptors (Lipinski definition) is 3. The number of benzene rings is 2. The zero-order valence-corrected chi connectivity index (χ0v) is 15.9. The summed E-state index contributed by atoms with van der Waals surface area (Å²) in [5.74, 6) is 0.207. The van der Waals surface area contributed by atoms with Crippen molar-refractivity contribution in [2.75, 3.05) is 18.5 Å². The molecule has 2 aromatic carbocycles. The minimum Gasteiger partial charge on any atom is -0.484 e. The van der Waals surface area contributed by atoms with Crippen molar-refractivity contribution in [2.24, 2.45) is 0 Å². The number of hydrogen-bond donors (Lipinski definition) is 2. The van der Waals surface area contributed by atoms with Gasteiger partial charge in [-0.1, -0.05) is 35.9 Å². The predicted octanol–water partition coefficient (Wildman–Crippen LogP) is 4.32. The van der Waals surface area contributed by atoms with E-state index in [0.717, 1.165) is 19.3 Å². The van der Waals surface area contributed by atoms with E-state index in [1.165, 1.54) is 18.4 Å².